The van der Waals surface area contributed by atoms with Gasteiger partial charge < -0.3 is 19.5 Å². The molecule has 1 heterocycles. The Morgan fingerprint density at radius 3 is 2.14 bits per heavy atom. The molecule has 0 aliphatic carbocycles. The SMILES string of the molecule is c1ccc(COc2ccc(OCCOC3CNC3)cc2)cc1. The topological polar surface area (TPSA) is 39.7 Å². The van der Waals surface area contributed by atoms with Gasteiger partial charge in [0.05, 0.1) is 12.7 Å². The van der Waals surface area contributed by atoms with E-state index in [0.29, 0.717) is 25.9 Å². The first-order valence-corrected chi connectivity index (χ1v) is 7.62. The highest BCUT2D eigenvalue weighted by molar-refractivity contribution is 5.31. The molecular weight excluding hydrogens is 278 g/mol. The predicted molar refractivity (Wildman–Crippen MR) is 85.3 cm³/mol. The van der Waals surface area contributed by atoms with E-state index in [1.165, 1.54) is 0 Å². The zero-order chi connectivity index (χ0) is 15.0. The Kier molecular flexibility index (Phi) is 5.29. The molecule has 4 nitrogen and oxygen atoms in total. The summed E-state index contributed by atoms with van der Waals surface area (Å²) in [5, 5.41) is 3.17. The fourth-order valence-corrected chi connectivity index (χ4v) is 2.13. The third-order valence-corrected chi connectivity index (χ3v) is 3.52. The maximum atomic E-state index is 5.74. The van der Waals surface area contributed by atoms with E-state index in [0.717, 1.165) is 30.2 Å². The van der Waals surface area contributed by atoms with E-state index in [1.54, 1.807) is 0 Å². The van der Waals surface area contributed by atoms with Gasteiger partial charge in [-0.2, -0.15) is 0 Å². The van der Waals surface area contributed by atoms with Crippen LogP contribution in [0, 0.1) is 0 Å². The summed E-state index contributed by atoms with van der Waals surface area (Å²) in [5.41, 5.74) is 1.16. The lowest BCUT2D eigenvalue weighted by Gasteiger charge is -2.26. The van der Waals surface area contributed by atoms with Crippen LogP contribution in [0.3, 0.4) is 0 Å². The van der Waals surface area contributed by atoms with Crippen molar-refractivity contribution in [2.45, 2.75) is 12.7 Å². The Bertz CT molecular complexity index is 552. The van der Waals surface area contributed by atoms with Gasteiger partial charge in [0, 0.05) is 13.1 Å². The molecule has 1 aliphatic rings. The average molecular weight is 299 g/mol. The van der Waals surface area contributed by atoms with Gasteiger partial charge >= 0.3 is 0 Å². The van der Waals surface area contributed by atoms with Crippen LogP contribution < -0.4 is 14.8 Å². The molecule has 1 saturated heterocycles. The fourth-order valence-electron chi connectivity index (χ4n) is 2.13. The Morgan fingerprint density at radius 2 is 1.50 bits per heavy atom. The second-order valence-corrected chi connectivity index (χ2v) is 5.25. The average Bonchev–Trinajstić information content (AvgIpc) is 2.53. The summed E-state index contributed by atoms with van der Waals surface area (Å²) < 4.78 is 17.0. The number of rotatable bonds is 8. The smallest absolute Gasteiger partial charge is 0.120 e. The molecule has 116 valence electrons. The third-order valence-electron chi connectivity index (χ3n) is 3.52. The molecule has 22 heavy (non-hydrogen) atoms. The maximum Gasteiger partial charge on any atom is 0.120 e. The van der Waals surface area contributed by atoms with Crippen LogP contribution in [0.2, 0.25) is 0 Å². The number of nitrogens with one attached hydrogen (secondary N) is 1. The molecule has 4 heteroatoms. The van der Waals surface area contributed by atoms with Crippen molar-refractivity contribution in [3.8, 4) is 11.5 Å². The first-order chi connectivity index (χ1) is 10.9. The van der Waals surface area contributed by atoms with Crippen LogP contribution in [0.5, 0.6) is 11.5 Å². The van der Waals surface area contributed by atoms with Crippen LogP contribution in [-0.2, 0) is 11.3 Å². The third kappa shape index (κ3) is 4.48. The molecule has 1 N–H and O–H groups in total. The molecule has 0 unspecified atom stereocenters. The normalized spacial score (nSPS) is 14.4. The van der Waals surface area contributed by atoms with Crippen molar-refractivity contribution in [2.75, 3.05) is 26.3 Å². The van der Waals surface area contributed by atoms with Gasteiger partial charge in [-0.05, 0) is 29.8 Å². The first kappa shape index (κ1) is 14.9. The Labute approximate surface area is 131 Å². The van der Waals surface area contributed by atoms with E-state index in [1.807, 2.05) is 42.5 Å². The minimum absolute atomic E-state index is 0.359. The fraction of sp³-hybridized carbons (Fsp3) is 0.333. The minimum Gasteiger partial charge on any atom is -0.491 e. The van der Waals surface area contributed by atoms with Crippen molar-refractivity contribution >= 4 is 0 Å². The van der Waals surface area contributed by atoms with E-state index in [2.05, 4.69) is 17.4 Å². The van der Waals surface area contributed by atoms with Crippen LogP contribution in [-0.4, -0.2) is 32.4 Å². The lowest BCUT2D eigenvalue weighted by Crippen LogP contribution is -2.48. The van der Waals surface area contributed by atoms with Gasteiger partial charge in [0.15, 0.2) is 0 Å². The van der Waals surface area contributed by atoms with Crippen molar-refractivity contribution in [2.24, 2.45) is 0 Å². The molecule has 0 bridgehead atoms. The zero-order valence-corrected chi connectivity index (χ0v) is 12.5. The van der Waals surface area contributed by atoms with Crippen molar-refractivity contribution in [1.82, 2.24) is 5.32 Å². The quantitative estimate of drug-likeness (QED) is 0.761. The molecule has 0 radical (unpaired) electrons. The van der Waals surface area contributed by atoms with Crippen LogP contribution in [0.1, 0.15) is 5.56 Å². The molecule has 2 aromatic rings. The van der Waals surface area contributed by atoms with Crippen LogP contribution in [0.25, 0.3) is 0 Å². The molecule has 0 spiro atoms. The summed E-state index contributed by atoms with van der Waals surface area (Å²) in [5.74, 6) is 1.68. The molecule has 0 saturated carbocycles. The van der Waals surface area contributed by atoms with E-state index >= 15 is 0 Å². The van der Waals surface area contributed by atoms with Gasteiger partial charge in [0.25, 0.3) is 0 Å². The van der Waals surface area contributed by atoms with Gasteiger partial charge in [-0.1, -0.05) is 30.3 Å². The molecule has 1 fully saturated rings. The summed E-state index contributed by atoms with van der Waals surface area (Å²) >= 11 is 0. The van der Waals surface area contributed by atoms with E-state index in [9.17, 15) is 0 Å². The summed E-state index contributed by atoms with van der Waals surface area (Å²) in [4.78, 5) is 0. The lowest BCUT2D eigenvalue weighted by molar-refractivity contribution is 0.00454. The van der Waals surface area contributed by atoms with Crippen molar-refractivity contribution < 1.29 is 14.2 Å². The van der Waals surface area contributed by atoms with Crippen molar-refractivity contribution in [3.05, 3.63) is 60.2 Å². The summed E-state index contributed by atoms with van der Waals surface area (Å²) in [6, 6.07) is 17.8. The van der Waals surface area contributed by atoms with Gasteiger partial charge in [0.1, 0.15) is 24.7 Å². The Hall–Kier alpha value is -2.04. The molecule has 2 aromatic carbocycles. The zero-order valence-electron chi connectivity index (χ0n) is 12.5. The number of hydrogen-bond acceptors (Lipinski definition) is 4. The van der Waals surface area contributed by atoms with Gasteiger partial charge in [0.2, 0.25) is 0 Å². The Morgan fingerprint density at radius 1 is 0.818 bits per heavy atom. The summed E-state index contributed by atoms with van der Waals surface area (Å²) in [7, 11) is 0. The van der Waals surface area contributed by atoms with Crippen LogP contribution >= 0.6 is 0 Å². The summed E-state index contributed by atoms with van der Waals surface area (Å²) in [6.45, 7) is 3.67. The molecule has 0 atom stereocenters. The second-order valence-electron chi connectivity index (χ2n) is 5.25. The number of benzene rings is 2. The largest absolute Gasteiger partial charge is 0.491 e. The molecule has 1 aliphatic heterocycles. The first-order valence-electron chi connectivity index (χ1n) is 7.62. The van der Waals surface area contributed by atoms with Gasteiger partial charge in [-0.25, -0.2) is 0 Å². The standard InChI is InChI=1S/C18H21NO3/c1-2-4-15(5-3-1)14-22-17-8-6-16(7-9-17)20-10-11-21-18-12-19-13-18/h1-9,18-19H,10-14H2. The Balaban J connectivity index is 1.38. The minimum atomic E-state index is 0.359. The van der Waals surface area contributed by atoms with Gasteiger partial charge in [-0.15, -0.1) is 0 Å². The van der Waals surface area contributed by atoms with Crippen LogP contribution in [0.4, 0.5) is 0 Å². The monoisotopic (exact) mass is 299 g/mol. The predicted octanol–water partition coefficient (Wildman–Crippen LogP) is 2.63. The van der Waals surface area contributed by atoms with E-state index in [-0.39, 0.29) is 0 Å². The highest BCUT2D eigenvalue weighted by Crippen LogP contribution is 2.18. The molecule has 0 amide bonds. The maximum absolute atomic E-state index is 5.74. The van der Waals surface area contributed by atoms with Gasteiger partial charge in [-0.3, -0.25) is 0 Å². The molecule has 3 rings (SSSR count). The summed E-state index contributed by atoms with van der Waals surface area (Å²) in [6.07, 6.45) is 0.359. The second kappa shape index (κ2) is 7.82. The number of ether oxygens (including phenoxy) is 3. The highest BCUT2D eigenvalue weighted by atomic mass is 16.5. The van der Waals surface area contributed by atoms with Crippen molar-refractivity contribution in [1.29, 1.82) is 0 Å². The molecular formula is C18H21NO3. The van der Waals surface area contributed by atoms with Crippen molar-refractivity contribution in [3.63, 3.8) is 0 Å². The lowest BCUT2D eigenvalue weighted by atomic mass is 10.2. The number of hydrogen-bond donors (Lipinski definition) is 1. The molecule has 0 aromatic heterocycles. The van der Waals surface area contributed by atoms with E-state index in [4.69, 9.17) is 14.2 Å². The highest BCUT2D eigenvalue weighted by Gasteiger charge is 2.16. The van der Waals surface area contributed by atoms with Crippen LogP contribution in [0.15, 0.2) is 54.6 Å². The van der Waals surface area contributed by atoms with E-state index < -0.39 is 0 Å².